The van der Waals surface area contributed by atoms with E-state index in [1.807, 2.05) is 18.2 Å². The third kappa shape index (κ3) is 4.67. The molecule has 1 aromatic carbocycles. The zero-order chi connectivity index (χ0) is 14.4. The molecular weight excluding hydrogens is 238 g/mol. The molecule has 0 aliphatic rings. The van der Waals surface area contributed by atoms with Gasteiger partial charge in [-0.25, -0.2) is 0 Å². The standard InChI is InChI=1S/C16H25NO2/c1-6-12(2)10-17(4)11-15-9-14(13(3)18)7-8-16(15)19-5/h7-9,12H,6,10-11H2,1-5H3. The van der Waals surface area contributed by atoms with Crippen molar-refractivity contribution < 1.29 is 9.53 Å². The number of methoxy groups -OCH3 is 1. The van der Waals surface area contributed by atoms with Crippen molar-refractivity contribution in [2.45, 2.75) is 33.7 Å². The molecule has 0 fully saturated rings. The van der Waals surface area contributed by atoms with Crippen molar-refractivity contribution in [3.63, 3.8) is 0 Å². The lowest BCUT2D eigenvalue weighted by molar-refractivity contribution is 0.101. The summed E-state index contributed by atoms with van der Waals surface area (Å²) in [5, 5.41) is 0. The second-order valence-electron chi connectivity index (χ2n) is 5.29. The van der Waals surface area contributed by atoms with Crippen LogP contribution in [-0.2, 0) is 6.54 Å². The Bertz CT molecular complexity index is 429. The van der Waals surface area contributed by atoms with Crippen molar-refractivity contribution >= 4 is 5.78 Å². The third-order valence-electron chi connectivity index (χ3n) is 3.45. The first-order chi connectivity index (χ1) is 8.97. The molecule has 1 aromatic rings. The van der Waals surface area contributed by atoms with Gasteiger partial charge in [0, 0.05) is 24.2 Å². The van der Waals surface area contributed by atoms with Gasteiger partial charge in [-0.05, 0) is 38.1 Å². The van der Waals surface area contributed by atoms with Crippen molar-refractivity contribution in [3.05, 3.63) is 29.3 Å². The summed E-state index contributed by atoms with van der Waals surface area (Å²) < 4.78 is 5.37. The molecule has 0 saturated carbocycles. The Hall–Kier alpha value is -1.35. The Labute approximate surface area is 116 Å². The van der Waals surface area contributed by atoms with Gasteiger partial charge in [-0.2, -0.15) is 0 Å². The summed E-state index contributed by atoms with van der Waals surface area (Å²) >= 11 is 0. The van der Waals surface area contributed by atoms with Gasteiger partial charge in [0.1, 0.15) is 5.75 Å². The number of carbonyl (C=O) groups is 1. The quantitative estimate of drug-likeness (QED) is 0.706. The van der Waals surface area contributed by atoms with Gasteiger partial charge in [0.05, 0.1) is 7.11 Å². The molecule has 0 radical (unpaired) electrons. The first kappa shape index (κ1) is 15.7. The summed E-state index contributed by atoms with van der Waals surface area (Å²) in [4.78, 5) is 13.7. The summed E-state index contributed by atoms with van der Waals surface area (Å²) in [7, 11) is 3.77. The van der Waals surface area contributed by atoms with E-state index in [4.69, 9.17) is 4.74 Å². The van der Waals surface area contributed by atoms with Crippen LogP contribution in [0.5, 0.6) is 5.75 Å². The minimum absolute atomic E-state index is 0.0912. The maximum Gasteiger partial charge on any atom is 0.159 e. The van der Waals surface area contributed by atoms with Crippen molar-refractivity contribution in [2.75, 3.05) is 20.7 Å². The van der Waals surface area contributed by atoms with Crippen molar-refractivity contribution in [3.8, 4) is 5.75 Å². The smallest absolute Gasteiger partial charge is 0.159 e. The first-order valence-corrected chi connectivity index (χ1v) is 6.84. The van der Waals surface area contributed by atoms with Gasteiger partial charge in [-0.1, -0.05) is 20.3 Å². The Morgan fingerprint density at radius 3 is 2.63 bits per heavy atom. The lowest BCUT2D eigenvalue weighted by Crippen LogP contribution is -2.24. The predicted octanol–water partition coefficient (Wildman–Crippen LogP) is 3.38. The van der Waals surface area contributed by atoms with Gasteiger partial charge in [0.25, 0.3) is 0 Å². The van der Waals surface area contributed by atoms with Crippen molar-refractivity contribution in [1.82, 2.24) is 4.90 Å². The monoisotopic (exact) mass is 263 g/mol. The molecule has 3 heteroatoms. The van der Waals surface area contributed by atoms with E-state index in [0.717, 1.165) is 30.0 Å². The number of ketones is 1. The summed E-state index contributed by atoms with van der Waals surface area (Å²) in [5.74, 6) is 1.61. The van der Waals surface area contributed by atoms with E-state index in [-0.39, 0.29) is 5.78 Å². The molecule has 1 rings (SSSR count). The topological polar surface area (TPSA) is 29.5 Å². The first-order valence-electron chi connectivity index (χ1n) is 6.84. The molecular formula is C16H25NO2. The van der Waals surface area contributed by atoms with E-state index < -0.39 is 0 Å². The fourth-order valence-corrected chi connectivity index (χ4v) is 2.14. The van der Waals surface area contributed by atoms with Crippen LogP contribution in [0.3, 0.4) is 0 Å². The van der Waals surface area contributed by atoms with Crippen LogP contribution in [0.15, 0.2) is 18.2 Å². The third-order valence-corrected chi connectivity index (χ3v) is 3.45. The highest BCUT2D eigenvalue weighted by Gasteiger charge is 2.11. The average molecular weight is 263 g/mol. The van der Waals surface area contributed by atoms with Crippen molar-refractivity contribution in [2.24, 2.45) is 5.92 Å². The van der Waals surface area contributed by atoms with Gasteiger partial charge in [-0.15, -0.1) is 0 Å². The van der Waals surface area contributed by atoms with Gasteiger partial charge >= 0.3 is 0 Å². The van der Waals surface area contributed by atoms with Crippen LogP contribution >= 0.6 is 0 Å². The maximum atomic E-state index is 11.5. The van der Waals surface area contributed by atoms with Crippen LogP contribution in [0.2, 0.25) is 0 Å². The molecule has 1 unspecified atom stereocenters. The van der Waals surface area contributed by atoms with E-state index in [0.29, 0.717) is 5.92 Å². The minimum atomic E-state index is 0.0912. The predicted molar refractivity (Wildman–Crippen MR) is 78.8 cm³/mol. The molecule has 0 aromatic heterocycles. The Morgan fingerprint density at radius 2 is 2.11 bits per heavy atom. The molecule has 0 N–H and O–H groups in total. The Morgan fingerprint density at radius 1 is 1.42 bits per heavy atom. The number of nitrogens with zero attached hydrogens (tertiary/aromatic N) is 1. The summed E-state index contributed by atoms with van der Waals surface area (Å²) in [6.07, 6.45) is 1.18. The zero-order valence-electron chi connectivity index (χ0n) is 12.7. The van der Waals surface area contributed by atoms with Gasteiger partial charge in [0.15, 0.2) is 5.78 Å². The van der Waals surface area contributed by atoms with E-state index in [2.05, 4.69) is 25.8 Å². The zero-order valence-corrected chi connectivity index (χ0v) is 12.7. The van der Waals surface area contributed by atoms with Crippen LogP contribution in [0.4, 0.5) is 0 Å². The molecule has 0 heterocycles. The summed E-state index contributed by atoms with van der Waals surface area (Å²) in [6.45, 7) is 7.89. The molecule has 0 saturated heterocycles. The molecule has 0 spiro atoms. The molecule has 19 heavy (non-hydrogen) atoms. The number of carbonyl (C=O) groups excluding carboxylic acids is 1. The molecule has 106 valence electrons. The van der Waals surface area contributed by atoms with Crippen LogP contribution in [0.25, 0.3) is 0 Å². The fraction of sp³-hybridized carbons (Fsp3) is 0.562. The number of hydrogen-bond acceptors (Lipinski definition) is 3. The van der Waals surface area contributed by atoms with E-state index in [9.17, 15) is 4.79 Å². The van der Waals surface area contributed by atoms with Gasteiger partial charge in [-0.3, -0.25) is 4.79 Å². The molecule has 1 atom stereocenters. The number of benzene rings is 1. The van der Waals surface area contributed by atoms with Gasteiger partial charge in [0.2, 0.25) is 0 Å². The lowest BCUT2D eigenvalue weighted by atomic mass is 10.1. The molecule has 0 aliphatic heterocycles. The normalized spacial score (nSPS) is 12.5. The Kier molecular flexibility index (Phi) is 6.03. The highest BCUT2D eigenvalue weighted by molar-refractivity contribution is 5.94. The maximum absolute atomic E-state index is 11.5. The minimum Gasteiger partial charge on any atom is -0.496 e. The number of rotatable bonds is 7. The second-order valence-corrected chi connectivity index (χ2v) is 5.29. The average Bonchev–Trinajstić information content (AvgIpc) is 2.38. The molecule has 0 bridgehead atoms. The highest BCUT2D eigenvalue weighted by atomic mass is 16.5. The van der Waals surface area contributed by atoms with E-state index >= 15 is 0 Å². The number of ether oxygens (including phenoxy) is 1. The van der Waals surface area contributed by atoms with E-state index in [1.54, 1.807) is 14.0 Å². The van der Waals surface area contributed by atoms with E-state index in [1.165, 1.54) is 6.42 Å². The van der Waals surface area contributed by atoms with Crippen LogP contribution in [0, 0.1) is 5.92 Å². The number of hydrogen-bond donors (Lipinski definition) is 0. The fourth-order valence-electron chi connectivity index (χ4n) is 2.14. The molecule has 3 nitrogen and oxygen atoms in total. The largest absolute Gasteiger partial charge is 0.496 e. The van der Waals surface area contributed by atoms with Crippen molar-refractivity contribution in [1.29, 1.82) is 0 Å². The summed E-state index contributed by atoms with van der Waals surface area (Å²) in [6, 6.07) is 5.64. The number of Topliss-reactive ketones (excluding diaryl/α,β-unsaturated/α-hetero) is 1. The van der Waals surface area contributed by atoms with Crippen LogP contribution < -0.4 is 4.74 Å². The Balaban J connectivity index is 2.85. The second kappa shape index (κ2) is 7.29. The van der Waals surface area contributed by atoms with Crippen LogP contribution in [0.1, 0.15) is 43.1 Å². The summed E-state index contributed by atoms with van der Waals surface area (Å²) in [5.41, 5.74) is 1.81. The SMILES string of the molecule is CCC(C)CN(C)Cc1cc(C(C)=O)ccc1OC. The van der Waals surface area contributed by atoms with Gasteiger partial charge < -0.3 is 9.64 Å². The lowest BCUT2D eigenvalue weighted by Gasteiger charge is -2.21. The highest BCUT2D eigenvalue weighted by Crippen LogP contribution is 2.22. The molecule has 0 aliphatic carbocycles. The van der Waals surface area contributed by atoms with Crippen LogP contribution in [-0.4, -0.2) is 31.4 Å². The molecule has 0 amide bonds.